The van der Waals surface area contributed by atoms with Crippen LogP contribution in [0.4, 0.5) is 5.82 Å². The van der Waals surface area contributed by atoms with Crippen LogP contribution in [0.25, 0.3) is 11.1 Å². The third-order valence-electron chi connectivity index (χ3n) is 2.72. The fourth-order valence-electron chi connectivity index (χ4n) is 1.85. The van der Waals surface area contributed by atoms with Crippen LogP contribution in [0, 0.1) is 6.92 Å². The molecule has 2 heterocycles. The molecular formula is C14H10BrN3O2. The Morgan fingerprint density at radius 3 is 2.95 bits per heavy atom. The van der Waals surface area contributed by atoms with Gasteiger partial charge in [-0.3, -0.25) is 4.79 Å². The van der Waals surface area contributed by atoms with E-state index in [1.54, 1.807) is 43.5 Å². The van der Waals surface area contributed by atoms with Gasteiger partial charge in [-0.2, -0.15) is 0 Å². The topological polar surface area (TPSA) is 68.0 Å². The average Bonchev–Trinajstić information content (AvgIpc) is 2.77. The van der Waals surface area contributed by atoms with Gasteiger partial charge in [-0.15, -0.1) is 0 Å². The Morgan fingerprint density at radius 1 is 1.30 bits per heavy atom. The van der Waals surface area contributed by atoms with E-state index in [0.717, 1.165) is 4.47 Å². The highest BCUT2D eigenvalue weighted by atomic mass is 79.9. The number of benzene rings is 1. The first-order valence-electron chi connectivity index (χ1n) is 5.92. The summed E-state index contributed by atoms with van der Waals surface area (Å²) < 4.78 is 6.23. The van der Waals surface area contributed by atoms with Crippen molar-refractivity contribution in [3.05, 3.63) is 52.5 Å². The fraction of sp³-hybridized carbons (Fsp3) is 0.0714. The average molecular weight is 332 g/mol. The van der Waals surface area contributed by atoms with Crippen LogP contribution in [0.15, 0.2) is 45.4 Å². The molecule has 0 bridgehead atoms. The highest BCUT2D eigenvalue weighted by Gasteiger charge is 2.10. The number of rotatable bonds is 2. The van der Waals surface area contributed by atoms with E-state index in [0.29, 0.717) is 28.4 Å². The predicted octanol–water partition coefficient (Wildman–Crippen LogP) is 3.55. The molecule has 20 heavy (non-hydrogen) atoms. The van der Waals surface area contributed by atoms with Gasteiger partial charge in [0, 0.05) is 23.2 Å². The maximum atomic E-state index is 12.2. The van der Waals surface area contributed by atoms with Crippen LogP contribution in [0.3, 0.4) is 0 Å². The lowest BCUT2D eigenvalue weighted by Crippen LogP contribution is -2.12. The number of nitrogens with zero attached hydrogens (tertiary/aromatic N) is 2. The molecule has 1 aromatic carbocycles. The molecule has 2 aromatic heterocycles. The van der Waals surface area contributed by atoms with Gasteiger partial charge in [0.05, 0.1) is 0 Å². The molecule has 100 valence electrons. The molecule has 3 aromatic rings. The van der Waals surface area contributed by atoms with Crippen LogP contribution in [-0.4, -0.2) is 15.9 Å². The summed E-state index contributed by atoms with van der Waals surface area (Å²) in [5.41, 5.74) is 1.84. The van der Waals surface area contributed by atoms with Crippen molar-refractivity contribution in [2.45, 2.75) is 6.92 Å². The molecule has 5 nitrogen and oxygen atoms in total. The number of anilines is 1. The van der Waals surface area contributed by atoms with E-state index < -0.39 is 0 Å². The van der Waals surface area contributed by atoms with Gasteiger partial charge in [0.25, 0.3) is 5.91 Å². The molecule has 0 saturated carbocycles. The summed E-state index contributed by atoms with van der Waals surface area (Å²) in [5.74, 6) is 0.824. The molecular weight excluding hydrogens is 322 g/mol. The van der Waals surface area contributed by atoms with Gasteiger partial charge in [0.1, 0.15) is 11.3 Å². The van der Waals surface area contributed by atoms with Gasteiger partial charge in [0.15, 0.2) is 11.5 Å². The molecule has 1 amide bonds. The summed E-state index contributed by atoms with van der Waals surface area (Å²) in [5, 5.41) is 2.73. The molecule has 0 aliphatic carbocycles. The van der Waals surface area contributed by atoms with Crippen molar-refractivity contribution in [1.29, 1.82) is 0 Å². The predicted molar refractivity (Wildman–Crippen MR) is 78.6 cm³/mol. The fourth-order valence-corrected chi connectivity index (χ4v) is 2.18. The Hall–Kier alpha value is -2.21. The summed E-state index contributed by atoms with van der Waals surface area (Å²) in [6, 6.07) is 8.65. The summed E-state index contributed by atoms with van der Waals surface area (Å²) in [6.45, 7) is 1.77. The number of amides is 1. The van der Waals surface area contributed by atoms with Gasteiger partial charge in [-0.1, -0.05) is 15.9 Å². The van der Waals surface area contributed by atoms with Crippen LogP contribution >= 0.6 is 15.9 Å². The van der Waals surface area contributed by atoms with E-state index in [2.05, 4.69) is 31.2 Å². The van der Waals surface area contributed by atoms with E-state index in [1.807, 2.05) is 0 Å². The van der Waals surface area contributed by atoms with Gasteiger partial charge in [0.2, 0.25) is 0 Å². The van der Waals surface area contributed by atoms with Crippen molar-refractivity contribution in [1.82, 2.24) is 9.97 Å². The monoisotopic (exact) mass is 331 g/mol. The highest BCUT2D eigenvalue weighted by molar-refractivity contribution is 9.10. The van der Waals surface area contributed by atoms with Crippen LogP contribution in [0.5, 0.6) is 0 Å². The molecule has 0 aliphatic rings. The lowest BCUT2D eigenvalue weighted by Gasteiger charge is -2.04. The third-order valence-corrected chi connectivity index (χ3v) is 3.21. The Balaban J connectivity index is 1.88. The molecule has 0 atom stereocenters. The molecule has 0 aliphatic heterocycles. The Morgan fingerprint density at radius 2 is 2.15 bits per heavy atom. The smallest absolute Gasteiger partial charge is 0.256 e. The molecule has 0 fully saturated rings. The minimum absolute atomic E-state index is 0.238. The molecule has 0 spiro atoms. The number of fused-ring (bicyclic) bond motifs is 1. The normalized spacial score (nSPS) is 10.7. The first-order chi connectivity index (χ1) is 9.61. The quantitative estimate of drug-likeness (QED) is 0.779. The third kappa shape index (κ3) is 2.55. The standard InChI is InChI=1S/C14H10BrN3O2/c1-8-17-11-6-9(2-3-12(11)20-8)14(19)18-13-7-10(15)4-5-16-13/h2-7H,1H3,(H,16,18,19). The highest BCUT2D eigenvalue weighted by Crippen LogP contribution is 2.18. The Bertz CT molecular complexity index is 798. The number of carbonyl (C=O) groups is 1. The summed E-state index contributed by atoms with van der Waals surface area (Å²) in [6.07, 6.45) is 1.61. The van der Waals surface area contributed by atoms with Crippen LogP contribution < -0.4 is 5.32 Å². The maximum Gasteiger partial charge on any atom is 0.256 e. The molecule has 0 saturated heterocycles. The van der Waals surface area contributed by atoms with Crippen molar-refractivity contribution in [3.63, 3.8) is 0 Å². The van der Waals surface area contributed by atoms with Crippen molar-refractivity contribution in [3.8, 4) is 0 Å². The van der Waals surface area contributed by atoms with Crippen LogP contribution in [0.2, 0.25) is 0 Å². The first-order valence-corrected chi connectivity index (χ1v) is 6.71. The first kappa shape index (κ1) is 12.8. The van der Waals surface area contributed by atoms with E-state index in [-0.39, 0.29) is 5.91 Å². The lowest BCUT2D eigenvalue weighted by atomic mass is 10.2. The van der Waals surface area contributed by atoms with E-state index in [1.165, 1.54) is 0 Å². The van der Waals surface area contributed by atoms with Gasteiger partial charge >= 0.3 is 0 Å². The van der Waals surface area contributed by atoms with Crippen LogP contribution in [0.1, 0.15) is 16.2 Å². The Labute approximate surface area is 123 Å². The molecule has 6 heteroatoms. The molecule has 0 unspecified atom stereocenters. The number of carbonyl (C=O) groups excluding carboxylic acids is 1. The SMILES string of the molecule is Cc1nc2cc(C(=O)Nc3cc(Br)ccn3)ccc2o1. The van der Waals surface area contributed by atoms with Crippen molar-refractivity contribution in [2.24, 2.45) is 0 Å². The minimum Gasteiger partial charge on any atom is -0.441 e. The summed E-state index contributed by atoms with van der Waals surface area (Å²) >= 11 is 3.33. The van der Waals surface area contributed by atoms with E-state index in [9.17, 15) is 4.79 Å². The van der Waals surface area contributed by atoms with Gasteiger partial charge < -0.3 is 9.73 Å². The number of pyridine rings is 1. The maximum absolute atomic E-state index is 12.2. The summed E-state index contributed by atoms with van der Waals surface area (Å²) in [7, 11) is 0. The molecule has 3 rings (SSSR count). The number of oxazole rings is 1. The van der Waals surface area contributed by atoms with Gasteiger partial charge in [-0.05, 0) is 30.3 Å². The second-order valence-electron chi connectivity index (χ2n) is 4.23. The number of nitrogens with one attached hydrogen (secondary N) is 1. The number of halogens is 1. The number of hydrogen-bond donors (Lipinski definition) is 1. The lowest BCUT2D eigenvalue weighted by molar-refractivity contribution is 0.102. The van der Waals surface area contributed by atoms with Crippen molar-refractivity contribution < 1.29 is 9.21 Å². The number of hydrogen-bond acceptors (Lipinski definition) is 4. The zero-order valence-corrected chi connectivity index (χ0v) is 12.1. The second-order valence-corrected chi connectivity index (χ2v) is 5.14. The number of aryl methyl sites for hydroxylation is 1. The van der Waals surface area contributed by atoms with Crippen molar-refractivity contribution >= 4 is 38.8 Å². The van der Waals surface area contributed by atoms with Crippen LogP contribution in [-0.2, 0) is 0 Å². The minimum atomic E-state index is -0.238. The van der Waals surface area contributed by atoms with E-state index in [4.69, 9.17) is 4.42 Å². The van der Waals surface area contributed by atoms with Crippen molar-refractivity contribution in [2.75, 3.05) is 5.32 Å². The van der Waals surface area contributed by atoms with E-state index >= 15 is 0 Å². The molecule has 0 radical (unpaired) electrons. The summed E-state index contributed by atoms with van der Waals surface area (Å²) in [4.78, 5) is 20.4. The Kier molecular flexibility index (Phi) is 3.23. The zero-order valence-electron chi connectivity index (χ0n) is 10.6. The second kappa shape index (κ2) is 5.05. The number of aromatic nitrogens is 2. The zero-order chi connectivity index (χ0) is 14.1. The van der Waals surface area contributed by atoms with Gasteiger partial charge in [-0.25, -0.2) is 9.97 Å². The molecule has 1 N–H and O–H groups in total. The largest absolute Gasteiger partial charge is 0.441 e.